The number of nitrogens with one attached hydrogen (secondary N) is 2. The maximum absolute atomic E-state index is 11.6. The number of nitrogens with zero attached hydrogens (tertiary/aromatic N) is 1. The molecule has 7 nitrogen and oxygen atoms in total. The summed E-state index contributed by atoms with van der Waals surface area (Å²) in [5.74, 6) is -1.36. The molecule has 3 N–H and O–H groups in total. The Balaban J connectivity index is 2.67. The van der Waals surface area contributed by atoms with Gasteiger partial charge in [0.15, 0.2) is 0 Å². The number of carboxylic acid groups (broad SMARTS) is 1. The summed E-state index contributed by atoms with van der Waals surface area (Å²) < 4.78 is 0. The zero-order valence-corrected chi connectivity index (χ0v) is 9.24. The molecule has 0 radical (unpaired) electrons. The Hall–Kier alpha value is -1.79. The number of carbonyl (C=O) groups excluding carboxylic acids is 2. The van der Waals surface area contributed by atoms with Crippen LogP contribution in [0, 0.1) is 0 Å². The minimum absolute atomic E-state index is 0.246. The lowest BCUT2D eigenvalue weighted by Gasteiger charge is -2.40. The van der Waals surface area contributed by atoms with Crippen molar-refractivity contribution in [2.45, 2.75) is 19.4 Å². The van der Waals surface area contributed by atoms with Crippen molar-refractivity contribution >= 4 is 17.9 Å². The van der Waals surface area contributed by atoms with Gasteiger partial charge in [0.05, 0.1) is 0 Å². The van der Waals surface area contributed by atoms with E-state index in [4.69, 9.17) is 5.11 Å². The topological polar surface area (TPSA) is 98.7 Å². The number of hydrogen-bond acceptors (Lipinski definition) is 3. The van der Waals surface area contributed by atoms with E-state index in [1.165, 1.54) is 4.90 Å². The van der Waals surface area contributed by atoms with Crippen LogP contribution in [0.25, 0.3) is 0 Å². The number of carboxylic acids is 1. The van der Waals surface area contributed by atoms with Gasteiger partial charge in [-0.3, -0.25) is 9.59 Å². The number of aliphatic carboxylic acids is 1. The van der Waals surface area contributed by atoms with Crippen LogP contribution in [-0.4, -0.2) is 53.1 Å². The first kappa shape index (κ1) is 12.3. The summed E-state index contributed by atoms with van der Waals surface area (Å²) in [6.07, 6.45) is 0. The summed E-state index contributed by atoms with van der Waals surface area (Å²) in [4.78, 5) is 34.8. The molecule has 1 aliphatic rings. The Kier molecular flexibility index (Phi) is 3.36. The Morgan fingerprint density at radius 2 is 2.19 bits per heavy atom. The van der Waals surface area contributed by atoms with E-state index in [0.29, 0.717) is 13.1 Å². The predicted molar refractivity (Wildman–Crippen MR) is 54.8 cm³/mol. The molecule has 0 spiro atoms. The first-order valence-electron chi connectivity index (χ1n) is 4.91. The zero-order valence-electron chi connectivity index (χ0n) is 9.24. The van der Waals surface area contributed by atoms with Gasteiger partial charge in [-0.2, -0.15) is 0 Å². The van der Waals surface area contributed by atoms with Crippen LogP contribution in [0.2, 0.25) is 0 Å². The highest BCUT2D eigenvalue weighted by Crippen LogP contribution is 2.17. The van der Waals surface area contributed by atoms with Crippen LogP contribution >= 0.6 is 0 Å². The van der Waals surface area contributed by atoms with E-state index in [0.717, 1.165) is 0 Å². The average Bonchev–Trinajstić information content (AvgIpc) is 2.18. The second kappa shape index (κ2) is 4.38. The van der Waals surface area contributed by atoms with Crippen molar-refractivity contribution in [3.63, 3.8) is 0 Å². The number of amides is 3. The van der Waals surface area contributed by atoms with Crippen molar-refractivity contribution in [2.75, 3.05) is 19.6 Å². The molecule has 3 amide bonds. The van der Waals surface area contributed by atoms with Gasteiger partial charge in [-0.1, -0.05) is 0 Å². The summed E-state index contributed by atoms with van der Waals surface area (Å²) in [6.45, 7) is 3.52. The number of hydrogen-bond donors (Lipinski definition) is 3. The van der Waals surface area contributed by atoms with Crippen LogP contribution in [0.15, 0.2) is 0 Å². The molecule has 16 heavy (non-hydrogen) atoms. The summed E-state index contributed by atoms with van der Waals surface area (Å²) in [5.41, 5.74) is -0.958. The maximum atomic E-state index is 11.6. The molecular weight excluding hydrogens is 214 g/mol. The summed E-state index contributed by atoms with van der Waals surface area (Å²) in [6, 6.07) is -0.540. The van der Waals surface area contributed by atoms with E-state index in [-0.39, 0.29) is 5.91 Å². The van der Waals surface area contributed by atoms with Crippen molar-refractivity contribution in [3.8, 4) is 0 Å². The highest BCUT2D eigenvalue weighted by Gasteiger charge is 2.40. The molecule has 0 aliphatic carbocycles. The lowest BCUT2D eigenvalue weighted by molar-refractivity contribution is -0.135. The number of urea groups is 1. The minimum Gasteiger partial charge on any atom is -0.480 e. The summed E-state index contributed by atoms with van der Waals surface area (Å²) in [5, 5.41) is 13.3. The molecule has 0 aromatic heterocycles. The van der Waals surface area contributed by atoms with Crippen LogP contribution in [0.3, 0.4) is 0 Å². The smallest absolute Gasteiger partial charge is 0.323 e. The zero-order chi connectivity index (χ0) is 12.3. The second-order valence-electron chi connectivity index (χ2n) is 4.02. The van der Waals surface area contributed by atoms with Gasteiger partial charge >= 0.3 is 12.0 Å². The van der Waals surface area contributed by atoms with Crippen molar-refractivity contribution in [1.82, 2.24) is 15.5 Å². The predicted octanol–water partition coefficient (Wildman–Crippen LogP) is -1.01. The first-order valence-corrected chi connectivity index (χ1v) is 4.91. The second-order valence-corrected chi connectivity index (χ2v) is 4.02. The van der Waals surface area contributed by atoms with Crippen molar-refractivity contribution in [2.24, 2.45) is 0 Å². The molecule has 1 heterocycles. The summed E-state index contributed by atoms with van der Waals surface area (Å²) in [7, 11) is 0. The molecule has 1 rings (SSSR count). The molecule has 0 atom stereocenters. The van der Waals surface area contributed by atoms with E-state index in [2.05, 4.69) is 10.6 Å². The average molecular weight is 229 g/mol. The van der Waals surface area contributed by atoms with Crippen LogP contribution in [-0.2, 0) is 9.59 Å². The molecule has 1 saturated heterocycles. The Bertz CT molecular complexity index is 327. The molecular formula is C9H15N3O4. The maximum Gasteiger partial charge on any atom is 0.323 e. The van der Waals surface area contributed by atoms with Crippen LogP contribution in [0.5, 0.6) is 0 Å². The molecule has 0 unspecified atom stereocenters. The number of rotatable bonds is 2. The van der Waals surface area contributed by atoms with Gasteiger partial charge in [-0.15, -0.1) is 0 Å². The normalized spacial score (nSPS) is 18.9. The fourth-order valence-corrected chi connectivity index (χ4v) is 1.50. The third kappa shape index (κ3) is 2.41. The van der Waals surface area contributed by atoms with E-state index in [9.17, 15) is 14.4 Å². The third-order valence-electron chi connectivity index (χ3n) is 2.49. The fourth-order valence-electron chi connectivity index (χ4n) is 1.50. The van der Waals surface area contributed by atoms with Gasteiger partial charge in [0.25, 0.3) is 0 Å². The lowest BCUT2D eigenvalue weighted by atomic mass is 10.00. The lowest BCUT2D eigenvalue weighted by Crippen LogP contribution is -2.65. The first-order chi connectivity index (χ1) is 7.35. The standard InChI is InChI=1S/C9H15N3O4/c1-9(2)7(15)10-3-4-12(9)8(16)11-5-6(13)14/h3-5H2,1-2H3,(H,10,15)(H,11,16)(H,13,14). The molecule has 7 heteroatoms. The Labute approximate surface area is 92.8 Å². The van der Waals surface area contributed by atoms with E-state index in [1.54, 1.807) is 13.8 Å². The highest BCUT2D eigenvalue weighted by atomic mass is 16.4. The molecule has 0 aromatic carbocycles. The van der Waals surface area contributed by atoms with Crippen LogP contribution < -0.4 is 10.6 Å². The van der Waals surface area contributed by atoms with E-state index < -0.39 is 24.1 Å². The molecule has 1 fully saturated rings. The van der Waals surface area contributed by atoms with Gasteiger partial charge < -0.3 is 20.6 Å². The van der Waals surface area contributed by atoms with Gasteiger partial charge in [0.1, 0.15) is 12.1 Å². The monoisotopic (exact) mass is 229 g/mol. The van der Waals surface area contributed by atoms with E-state index in [1.807, 2.05) is 0 Å². The summed E-state index contributed by atoms with van der Waals surface area (Å²) >= 11 is 0. The Morgan fingerprint density at radius 1 is 1.56 bits per heavy atom. The van der Waals surface area contributed by atoms with Crippen LogP contribution in [0.1, 0.15) is 13.8 Å². The van der Waals surface area contributed by atoms with E-state index >= 15 is 0 Å². The highest BCUT2D eigenvalue weighted by molar-refractivity contribution is 5.92. The van der Waals surface area contributed by atoms with Crippen molar-refractivity contribution in [3.05, 3.63) is 0 Å². The van der Waals surface area contributed by atoms with Gasteiger partial charge in [-0.25, -0.2) is 4.79 Å². The largest absolute Gasteiger partial charge is 0.480 e. The van der Waals surface area contributed by atoms with Crippen molar-refractivity contribution in [1.29, 1.82) is 0 Å². The van der Waals surface area contributed by atoms with Gasteiger partial charge in [0.2, 0.25) is 5.91 Å². The molecule has 0 saturated carbocycles. The fraction of sp³-hybridized carbons (Fsp3) is 0.667. The minimum atomic E-state index is -1.12. The number of carbonyl (C=O) groups is 3. The third-order valence-corrected chi connectivity index (χ3v) is 2.49. The molecule has 90 valence electrons. The quantitative estimate of drug-likeness (QED) is 0.565. The van der Waals surface area contributed by atoms with Gasteiger partial charge in [-0.05, 0) is 13.8 Å². The van der Waals surface area contributed by atoms with Crippen LogP contribution in [0.4, 0.5) is 4.79 Å². The molecule has 0 aromatic rings. The van der Waals surface area contributed by atoms with Crippen molar-refractivity contribution < 1.29 is 19.5 Å². The number of piperazine rings is 1. The molecule has 1 aliphatic heterocycles. The molecule has 0 bridgehead atoms. The van der Waals surface area contributed by atoms with Gasteiger partial charge in [0, 0.05) is 13.1 Å². The SMILES string of the molecule is CC1(C)C(=O)NCCN1C(=O)NCC(=O)O. The Morgan fingerprint density at radius 3 is 2.75 bits per heavy atom.